The molecule has 2 aromatic carbocycles. The summed E-state index contributed by atoms with van der Waals surface area (Å²) in [5.41, 5.74) is 4.36. The van der Waals surface area contributed by atoms with Crippen molar-refractivity contribution in [3.63, 3.8) is 0 Å². The van der Waals surface area contributed by atoms with Crippen LogP contribution in [0.4, 0.5) is 5.69 Å². The highest BCUT2D eigenvalue weighted by Crippen LogP contribution is 2.25. The summed E-state index contributed by atoms with van der Waals surface area (Å²) in [5, 5.41) is 4.53. The fourth-order valence-corrected chi connectivity index (χ4v) is 3.48. The summed E-state index contributed by atoms with van der Waals surface area (Å²) in [6.45, 7) is 0.723. The molecule has 0 atom stereocenters. The van der Waals surface area contributed by atoms with Gasteiger partial charge in [0.1, 0.15) is 0 Å². The molecule has 0 aliphatic carbocycles. The summed E-state index contributed by atoms with van der Waals surface area (Å²) in [6.07, 6.45) is 3.72. The molecule has 0 bridgehead atoms. The van der Waals surface area contributed by atoms with E-state index in [0.717, 1.165) is 39.1 Å². The normalized spacial score (nSPS) is 10.9. The minimum Gasteiger partial charge on any atom is -0.380 e. The number of hydrogen-bond acceptors (Lipinski definition) is 4. The lowest BCUT2D eigenvalue weighted by Crippen LogP contribution is -1.96. The van der Waals surface area contributed by atoms with Gasteiger partial charge in [0.05, 0.1) is 12.1 Å². The fourth-order valence-electron chi connectivity index (χ4n) is 2.56. The average molecular weight is 352 g/mol. The van der Waals surface area contributed by atoms with Gasteiger partial charge in [-0.1, -0.05) is 41.9 Å². The summed E-state index contributed by atoms with van der Waals surface area (Å²) in [6, 6.07) is 18.7. The van der Waals surface area contributed by atoms with E-state index in [-0.39, 0.29) is 0 Å². The van der Waals surface area contributed by atoms with Gasteiger partial charge in [-0.2, -0.15) is 0 Å². The Morgan fingerprint density at radius 2 is 1.75 bits per heavy atom. The van der Waals surface area contributed by atoms with Crippen LogP contribution in [-0.2, 0) is 6.54 Å². The van der Waals surface area contributed by atoms with Gasteiger partial charge in [0.2, 0.25) is 0 Å². The van der Waals surface area contributed by atoms with Crippen LogP contribution >= 0.6 is 22.9 Å². The van der Waals surface area contributed by atoms with Crippen LogP contribution in [0.25, 0.3) is 22.0 Å². The minimum atomic E-state index is 0.575. The van der Waals surface area contributed by atoms with Crippen molar-refractivity contribution in [3.05, 3.63) is 76.3 Å². The van der Waals surface area contributed by atoms with Gasteiger partial charge < -0.3 is 5.32 Å². The van der Waals surface area contributed by atoms with Crippen LogP contribution in [0.5, 0.6) is 0 Å². The molecule has 2 heterocycles. The molecule has 3 nitrogen and oxygen atoms in total. The van der Waals surface area contributed by atoms with E-state index in [1.807, 2.05) is 24.4 Å². The number of fused-ring (bicyclic) bond motifs is 1. The maximum absolute atomic E-state index is 5.85. The summed E-state index contributed by atoms with van der Waals surface area (Å²) < 4.78 is 0.575. The third-order valence-electron chi connectivity index (χ3n) is 3.80. The highest BCUT2D eigenvalue weighted by Gasteiger charge is 2.02. The molecule has 0 aliphatic heterocycles. The van der Waals surface area contributed by atoms with Crippen molar-refractivity contribution in [1.29, 1.82) is 0 Å². The molecule has 1 N–H and O–H groups in total. The van der Waals surface area contributed by atoms with E-state index in [0.29, 0.717) is 4.47 Å². The van der Waals surface area contributed by atoms with Crippen LogP contribution in [0.2, 0.25) is 4.47 Å². The lowest BCUT2D eigenvalue weighted by molar-refractivity contribution is 1.17. The topological polar surface area (TPSA) is 37.8 Å². The van der Waals surface area contributed by atoms with Crippen molar-refractivity contribution in [2.45, 2.75) is 6.54 Å². The molecular formula is C19H14ClN3S. The summed E-state index contributed by atoms with van der Waals surface area (Å²) in [7, 11) is 0. The molecule has 0 spiro atoms. The lowest BCUT2D eigenvalue weighted by atomic mass is 10.1. The van der Waals surface area contributed by atoms with Gasteiger partial charge in [0.25, 0.3) is 0 Å². The lowest BCUT2D eigenvalue weighted by Gasteiger charge is -2.07. The van der Waals surface area contributed by atoms with Crippen molar-refractivity contribution >= 4 is 39.5 Å². The first-order valence-corrected chi connectivity index (χ1v) is 8.77. The molecule has 118 valence electrons. The largest absolute Gasteiger partial charge is 0.380 e. The summed E-state index contributed by atoms with van der Waals surface area (Å²) >= 11 is 7.34. The molecule has 0 aliphatic rings. The van der Waals surface area contributed by atoms with Crippen molar-refractivity contribution in [1.82, 2.24) is 9.97 Å². The number of aromatic nitrogens is 2. The van der Waals surface area contributed by atoms with Crippen LogP contribution in [0.3, 0.4) is 0 Å². The second kappa shape index (κ2) is 6.59. The Morgan fingerprint density at radius 1 is 0.917 bits per heavy atom. The smallest absolute Gasteiger partial charge is 0.183 e. The Bertz CT molecular complexity index is 979. The van der Waals surface area contributed by atoms with Crippen molar-refractivity contribution in [2.24, 2.45) is 0 Å². The Labute approximate surface area is 149 Å². The van der Waals surface area contributed by atoms with Gasteiger partial charge >= 0.3 is 0 Å². The van der Waals surface area contributed by atoms with Gasteiger partial charge in [0.15, 0.2) is 4.47 Å². The van der Waals surface area contributed by atoms with E-state index < -0.39 is 0 Å². The second-order valence-corrected chi connectivity index (χ2v) is 7.12. The van der Waals surface area contributed by atoms with E-state index in [1.54, 1.807) is 6.20 Å². The zero-order chi connectivity index (χ0) is 16.4. The van der Waals surface area contributed by atoms with Gasteiger partial charge in [-0.05, 0) is 29.8 Å². The van der Waals surface area contributed by atoms with Crippen LogP contribution < -0.4 is 5.32 Å². The van der Waals surface area contributed by atoms with Crippen molar-refractivity contribution in [2.75, 3.05) is 5.32 Å². The van der Waals surface area contributed by atoms with Gasteiger partial charge in [-0.3, -0.25) is 4.98 Å². The zero-order valence-electron chi connectivity index (χ0n) is 12.7. The van der Waals surface area contributed by atoms with E-state index in [9.17, 15) is 0 Å². The molecule has 0 unspecified atom stereocenters. The first-order chi connectivity index (χ1) is 11.8. The number of hydrogen-bond donors (Lipinski definition) is 1. The van der Waals surface area contributed by atoms with E-state index >= 15 is 0 Å². The molecule has 0 radical (unpaired) electrons. The number of para-hydroxylation sites is 1. The molecule has 4 aromatic rings. The first kappa shape index (κ1) is 15.1. The molecule has 0 saturated heterocycles. The third-order valence-corrected chi connectivity index (χ3v) is 4.92. The third kappa shape index (κ3) is 3.25. The predicted octanol–water partition coefficient (Wildman–Crippen LogP) is 5.62. The van der Waals surface area contributed by atoms with Crippen molar-refractivity contribution < 1.29 is 0 Å². The molecule has 24 heavy (non-hydrogen) atoms. The number of benzene rings is 2. The van der Waals surface area contributed by atoms with Crippen LogP contribution in [0.15, 0.2) is 67.0 Å². The molecule has 0 saturated carbocycles. The highest BCUT2D eigenvalue weighted by molar-refractivity contribution is 7.15. The SMILES string of the molecule is Clc1ncc(CNc2ccc(-c3cnc4ccccc4c3)cc2)s1. The predicted molar refractivity (Wildman–Crippen MR) is 102 cm³/mol. The zero-order valence-corrected chi connectivity index (χ0v) is 14.3. The quantitative estimate of drug-likeness (QED) is 0.518. The number of nitrogens with one attached hydrogen (secondary N) is 1. The minimum absolute atomic E-state index is 0.575. The molecule has 0 amide bonds. The maximum atomic E-state index is 5.85. The Hall–Kier alpha value is -2.43. The molecule has 2 aromatic heterocycles. The van der Waals surface area contributed by atoms with Crippen LogP contribution in [-0.4, -0.2) is 9.97 Å². The highest BCUT2D eigenvalue weighted by atomic mass is 35.5. The van der Waals surface area contributed by atoms with Crippen LogP contribution in [0.1, 0.15) is 4.88 Å². The van der Waals surface area contributed by atoms with Gasteiger partial charge in [0, 0.05) is 33.9 Å². The molecular weight excluding hydrogens is 338 g/mol. The van der Waals surface area contributed by atoms with E-state index in [4.69, 9.17) is 11.6 Å². The maximum Gasteiger partial charge on any atom is 0.183 e. The number of pyridine rings is 1. The molecule has 5 heteroatoms. The number of nitrogens with zero attached hydrogens (tertiary/aromatic N) is 2. The van der Waals surface area contributed by atoms with E-state index in [2.05, 4.69) is 51.7 Å². The Morgan fingerprint density at radius 3 is 2.54 bits per heavy atom. The standard InChI is InChI=1S/C19H14ClN3S/c20-19-23-12-17(24-19)11-21-16-7-5-13(6-8-16)15-9-14-3-1-2-4-18(14)22-10-15/h1-10,12,21H,11H2. The average Bonchev–Trinajstić information content (AvgIpc) is 3.05. The number of thiazole rings is 1. The monoisotopic (exact) mass is 351 g/mol. The van der Waals surface area contributed by atoms with E-state index in [1.165, 1.54) is 11.3 Å². The number of rotatable bonds is 4. The number of halogens is 1. The first-order valence-electron chi connectivity index (χ1n) is 7.57. The second-order valence-electron chi connectivity index (χ2n) is 5.43. The summed E-state index contributed by atoms with van der Waals surface area (Å²) in [4.78, 5) is 9.68. The van der Waals surface area contributed by atoms with Crippen LogP contribution in [0, 0.1) is 0 Å². The molecule has 4 rings (SSSR count). The fraction of sp³-hybridized carbons (Fsp3) is 0.0526. The Balaban J connectivity index is 1.51. The summed E-state index contributed by atoms with van der Waals surface area (Å²) in [5.74, 6) is 0. The van der Waals surface area contributed by atoms with Crippen molar-refractivity contribution in [3.8, 4) is 11.1 Å². The Kier molecular flexibility index (Phi) is 4.15. The van der Waals surface area contributed by atoms with Gasteiger partial charge in [-0.15, -0.1) is 11.3 Å². The van der Waals surface area contributed by atoms with Gasteiger partial charge in [-0.25, -0.2) is 4.98 Å². The number of anilines is 1. The molecule has 0 fully saturated rings.